The number of ether oxygens (including phenoxy) is 1. The van der Waals surface area contributed by atoms with Gasteiger partial charge in [0.05, 0.1) is 23.1 Å². The van der Waals surface area contributed by atoms with Crippen LogP contribution < -0.4 is 10.2 Å². The van der Waals surface area contributed by atoms with Gasteiger partial charge in [-0.3, -0.25) is 19.3 Å². The van der Waals surface area contributed by atoms with Gasteiger partial charge in [-0.1, -0.05) is 19.1 Å². The third kappa shape index (κ3) is 4.82. The maximum Gasteiger partial charge on any atom is 0.338 e. The number of hydrogen-bond donors (Lipinski definition) is 1. The Kier molecular flexibility index (Phi) is 6.31. The Hall–Kier alpha value is -3.48. The number of benzene rings is 2. The van der Waals surface area contributed by atoms with Gasteiger partial charge in [-0.2, -0.15) is 0 Å². The summed E-state index contributed by atoms with van der Waals surface area (Å²) < 4.78 is 5.16. The van der Waals surface area contributed by atoms with Crippen molar-refractivity contribution in [3.8, 4) is 0 Å². The second kappa shape index (κ2) is 9.17. The largest absolute Gasteiger partial charge is 0.452 e. The number of aryl methyl sites for hydroxylation is 2. The highest BCUT2D eigenvalue weighted by molar-refractivity contribution is 6.22. The summed E-state index contributed by atoms with van der Waals surface area (Å²) in [7, 11) is 0. The van der Waals surface area contributed by atoms with Crippen LogP contribution in [0.2, 0.25) is 0 Å². The Morgan fingerprint density at radius 1 is 1.00 bits per heavy atom. The molecule has 3 amide bonds. The number of fused-ring (bicyclic) bond motifs is 1. The van der Waals surface area contributed by atoms with Crippen LogP contribution in [0.4, 0.5) is 11.4 Å². The van der Waals surface area contributed by atoms with E-state index in [4.69, 9.17) is 4.74 Å². The van der Waals surface area contributed by atoms with E-state index in [-0.39, 0.29) is 29.2 Å². The average molecular weight is 449 g/mol. The molecule has 0 spiro atoms. The third-order valence-corrected chi connectivity index (χ3v) is 6.37. The van der Waals surface area contributed by atoms with E-state index < -0.39 is 18.5 Å². The smallest absolute Gasteiger partial charge is 0.338 e. The van der Waals surface area contributed by atoms with Gasteiger partial charge in [0.2, 0.25) is 11.8 Å². The molecule has 172 valence electrons. The molecule has 1 N–H and O–H groups in total. The summed E-state index contributed by atoms with van der Waals surface area (Å²) in [5.74, 6) is -1.70. The van der Waals surface area contributed by atoms with Gasteiger partial charge in [0, 0.05) is 5.69 Å². The summed E-state index contributed by atoms with van der Waals surface area (Å²) in [6, 6.07) is 11.9. The number of anilines is 2. The summed E-state index contributed by atoms with van der Waals surface area (Å²) >= 11 is 0. The number of imide groups is 1. The highest BCUT2D eigenvalue weighted by atomic mass is 16.5. The van der Waals surface area contributed by atoms with Gasteiger partial charge in [0.1, 0.15) is 0 Å². The summed E-state index contributed by atoms with van der Waals surface area (Å²) in [5.41, 5.74) is 3.20. The van der Waals surface area contributed by atoms with Gasteiger partial charge in [0.25, 0.3) is 5.91 Å². The summed E-state index contributed by atoms with van der Waals surface area (Å²) in [4.78, 5) is 51.8. The predicted octanol–water partition coefficient (Wildman–Crippen LogP) is 4.02. The molecule has 2 aromatic carbocycles. The molecule has 2 aliphatic rings. The molecule has 7 nitrogen and oxygen atoms in total. The molecule has 1 aliphatic carbocycles. The number of carbonyl (C=O) groups excluding carboxylic acids is 4. The van der Waals surface area contributed by atoms with Crippen LogP contribution in [0.1, 0.15) is 47.7 Å². The van der Waals surface area contributed by atoms with Crippen LogP contribution >= 0.6 is 0 Å². The summed E-state index contributed by atoms with van der Waals surface area (Å²) in [5, 5.41) is 2.72. The van der Waals surface area contributed by atoms with Crippen molar-refractivity contribution in [2.45, 2.75) is 40.0 Å². The second-order valence-electron chi connectivity index (χ2n) is 9.19. The number of nitrogens with zero attached hydrogens (tertiary/aromatic N) is 1. The lowest BCUT2D eigenvalue weighted by Gasteiger charge is -2.25. The highest BCUT2D eigenvalue weighted by Crippen LogP contribution is 2.42. The van der Waals surface area contributed by atoms with Crippen LogP contribution in [0.3, 0.4) is 0 Å². The van der Waals surface area contributed by atoms with E-state index in [2.05, 4.69) is 12.2 Å². The van der Waals surface area contributed by atoms with Crippen molar-refractivity contribution in [3.05, 3.63) is 59.2 Å². The molecule has 4 rings (SSSR count). The van der Waals surface area contributed by atoms with E-state index in [1.54, 1.807) is 12.1 Å². The fraction of sp³-hybridized carbons (Fsp3) is 0.385. The fourth-order valence-corrected chi connectivity index (χ4v) is 4.87. The number of hydrogen-bond acceptors (Lipinski definition) is 5. The van der Waals surface area contributed by atoms with Gasteiger partial charge in [-0.05, 0) is 80.5 Å². The van der Waals surface area contributed by atoms with Crippen LogP contribution in [0.25, 0.3) is 0 Å². The molecule has 2 aromatic rings. The molecule has 1 saturated carbocycles. The Labute approximate surface area is 193 Å². The summed E-state index contributed by atoms with van der Waals surface area (Å²) in [6.45, 7) is 5.52. The molecule has 0 aromatic heterocycles. The first-order valence-electron chi connectivity index (χ1n) is 11.3. The topological polar surface area (TPSA) is 92.8 Å². The number of carbonyl (C=O) groups is 4. The normalized spacial score (nSPS) is 22.2. The standard InChI is InChI=1S/C26H28N2O5/c1-15-7-8-21-22(12-15)25(31)28(24(21)30)20-6-4-5-18(13-20)26(32)33-14-23(29)27-19-10-16(2)9-17(3)11-19/h4-6,9-11,13,15,21-22H,7-8,12,14H2,1-3H3,(H,27,29)/t15-,21+,22-/m0/s1. The molecule has 3 atom stereocenters. The quantitative estimate of drug-likeness (QED) is 0.551. The first kappa shape index (κ1) is 22.7. The number of amides is 3. The zero-order chi connectivity index (χ0) is 23.7. The van der Waals surface area contributed by atoms with Crippen molar-refractivity contribution < 1.29 is 23.9 Å². The molecule has 1 aliphatic heterocycles. The maximum atomic E-state index is 12.9. The molecule has 2 fully saturated rings. The number of esters is 1. The van der Waals surface area contributed by atoms with Crippen molar-refractivity contribution in [2.75, 3.05) is 16.8 Å². The minimum atomic E-state index is -0.697. The van der Waals surface area contributed by atoms with Crippen molar-refractivity contribution in [3.63, 3.8) is 0 Å². The molecular formula is C26H28N2O5. The fourth-order valence-electron chi connectivity index (χ4n) is 4.87. The zero-order valence-corrected chi connectivity index (χ0v) is 19.1. The molecular weight excluding hydrogens is 420 g/mol. The van der Waals surface area contributed by atoms with Crippen LogP contribution in [-0.4, -0.2) is 30.3 Å². The van der Waals surface area contributed by atoms with E-state index in [1.807, 2.05) is 32.0 Å². The van der Waals surface area contributed by atoms with E-state index in [9.17, 15) is 19.2 Å². The lowest BCUT2D eigenvalue weighted by Crippen LogP contribution is -2.31. The van der Waals surface area contributed by atoms with E-state index >= 15 is 0 Å². The highest BCUT2D eigenvalue weighted by Gasteiger charge is 2.50. The lowest BCUT2D eigenvalue weighted by molar-refractivity contribution is -0.122. The Morgan fingerprint density at radius 3 is 2.42 bits per heavy atom. The first-order valence-corrected chi connectivity index (χ1v) is 11.3. The molecule has 1 heterocycles. The minimum absolute atomic E-state index is 0.176. The molecule has 0 unspecified atom stereocenters. The zero-order valence-electron chi connectivity index (χ0n) is 19.1. The first-order chi connectivity index (χ1) is 15.7. The molecule has 0 bridgehead atoms. The van der Waals surface area contributed by atoms with Gasteiger partial charge < -0.3 is 10.1 Å². The second-order valence-corrected chi connectivity index (χ2v) is 9.19. The molecule has 0 radical (unpaired) electrons. The van der Waals surface area contributed by atoms with Crippen LogP contribution in [-0.2, 0) is 19.1 Å². The maximum absolute atomic E-state index is 12.9. The molecule has 7 heteroatoms. The SMILES string of the molecule is Cc1cc(C)cc(NC(=O)COC(=O)c2cccc(N3C(=O)[C@H]4C[C@@H](C)CC[C@H]4C3=O)c2)c1. The van der Waals surface area contributed by atoms with E-state index in [0.29, 0.717) is 30.1 Å². The Balaban J connectivity index is 1.41. The van der Waals surface area contributed by atoms with Crippen LogP contribution in [0, 0.1) is 31.6 Å². The van der Waals surface area contributed by atoms with Crippen molar-refractivity contribution >= 4 is 35.1 Å². The minimum Gasteiger partial charge on any atom is -0.452 e. The summed E-state index contributed by atoms with van der Waals surface area (Å²) in [6.07, 6.45) is 2.36. The van der Waals surface area contributed by atoms with Gasteiger partial charge in [-0.15, -0.1) is 0 Å². The molecule has 33 heavy (non-hydrogen) atoms. The van der Waals surface area contributed by atoms with Crippen LogP contribution in [0.5, 0.6) is 0 Å². The van der Waals surface area contributed by atoms with Gasteiger partial charge >= 0.3 is 5.97 Å². The van der Waals surface area contributed by atoms with Gasteiger partial charge in [0.15, 0.2) is 6.61 Å². The number of nitrogens with one attached hydrogen (secondary N) is 1. The van der Waals surface area contributed by atoms with E-state index in [0.717, 1.165) is 17.5 Å². The van der Waals surface area contributed by atoms with Crippen molar-refractivity contribution in [1.29, 1.82) is 0 Å². The van der Waals surface area contributed by atoms with Crippen LogP contribution in [0.15, 0.2) is 42.5 Å². The monoisotopic (exact) mass is 448 g/mol. The lowest BCUT2D eigenvalue weighted by atomic mass is 9.76. The van der Waals surface area contributed by atoms with Gasteiger partial charge in [-0.25, -0.2) is 4.79 Å². The average Bonchev–Trinajstić information content (AvgIpc) is 3.00. The number of rotatable bonds is 5. The van der Waals surface area contributed by atoms with Crippen molar-refractivity contribution in [1.82, 2.24) is 0 Å². The third-order valence-electron chi connectivity index (χ3n) is 6.37. The molecule has 1 saturated heterocycles. The van der Waals surface area contributed by atoms with E-state index in [1.165, 1.54) is 17.0 Å². The Bertz CT molecular complexity index is 1110. The van der Waals surface area contributed by atoms with Crippen molar-refractivity contribution in [2.24, 2.45) is 17.8 Å². The predicted molar refractivity (Wildman–Crippen MR) is 124 cm³/mol. The Morgan fingerprint density at radius 2 is 1.70 bits per heavy atom.